The minimum atomic E-state index is -2.79. The van der Waals surface area contributed by atoms with Crippen LogP contribution in [0.4, 0.5) is 0 Å². The summed E-state index contributed by atoms with van der Waals surface area (Å²) in [4.78, 5) is 0. The fourth-order valence-electron chi connectivity index (χ4n) is 1.35. The Morgan fingerprint density at radius 1 is 0.783 bits per heavy atom. The predicted octanol–water partition coefficient (Wildman–Crippen LogP) is 0.519. The molecule has 0 aliphatic carbocycles. The first-order valence-electron chi connectivity index (χ1n) is 7.51. The van der Waals surface area contributed by atoms with E-state index in [9.17, 15) is 17.8 Å². The molecule has 0 N–H and O–H groups in total. The van der Waals surface area contributed by atoms with Crippen LogP contribution in [-0.2, 0) is 26.4 Å². The molecule has 0 bridgehead atoms. The lowest BCUT2D eigenvalue weighted by atomic mass is 11.7. The zero-order valence-corrected chi connectivity index (χ0v) is 23.8. The van der Waals surface area contributed by atoms with E-state index in [1.54, 1.807) is 0 Å². The fourth-order valence-corrected chi connectivity index (χ4v) is 64.8. The Morgan fingerprint density at radius 3 is 1.65 bits per heavy atom. The minimum absolute atomic E-state index is 0.371. The van der Waals surface area contributed by atoms with Gasteiger partial charge in [0.05, 0.1) is 0 Å². The lowest BCUT2D eigenvalue weighted by molar-refractivity contribution is 0.374. The maximum Gasteiger partial charge on any atom is 0.375 e. The molecule has 0 radical (unpaired) electrons. The van der Waals surface area contributed by atoms with Crippen LogP contribution < -0.4 is 0 Å². The monoisotopic (exact) mass is 456 g/mol. The van der Waals surface area contributed by atoms with Crippen molar-refractivity contribution in [1.82, 2.24) is 0 Å². The van der Waals surface area contributed by atoms with E-state index in [4.69, 9.17) is 8.54 Å². The first-order valence-corrected chi connectivity index (χ1v) is 30.1. The highest BCUT2D eigenvalue weighted by Crippen LogP contribution is 2.10. The van der Waals surface area contributed by atoms with Crippen LogP contribution in [0.25, 0.3) is 0 Å². The van der Waals surface area contributed by atoms with Crippen molar-refractivity contribution in [3.8, 4) is 0 Å². The first kappa shape index (κ1) is 23.9. The van der Waals surface area contributed by atoms with Gasteiger partial charge in [0.25, 0.3) is 0 Å². The molecule has 132 valence electrons. The summed E-state index contributed by atoms with van der Waals surface area (Å²) in [6.07, 6.45) is 0.371. The van der Waals surface area contributed by atoms with Crippen LogP contribution in [0, 0.1) is 0 Å². The van der Waals surface area contributed by atoms with Gasteiger partial charge in [0.1, 0.15) is 7.59 Å². The van der Waals surface area contributed by atoms with Gasteiger partial charge in [-0.05, 0) is 39.3 Å². The highest BCUT2D eigenvalue weighted by Gasteiger charge is 2.46. The third-order valence-electron chi connectivity index (χ3n) is 2.78. The quantitative estimate of drug-likeness (QED) is 0.445. The van der Waals surface area contributed by atoms with E-state index < -0.39 is 64.4 Å². The highest BCUT2D eigenvalue weighted by atomic mass is 29.9. The fraction of sp³-hybridized carbons (Fsp3) is 1.00. The summed E-state index contributed by atoms with van der Waals surface area (Å²) >= 11 is 0. The summed E-state index contributed by atoms with van der Waals surface area (Å²) in [5, 5.41) is 0. The second-order valence-corrected chi connectivity index (χ2v) is 48.5. The molecule has 0 aliphatic rings. The van der Waals surface area contributed by atoms with Gasteiger partial charge >= 0.3 is 30.9 Å². The molecule has 23 heavy (non-hydrogen) atoms. The van der Waals surface area contributed by atoms with Crippen molar-refractivity contribution in [3.63, 3.8) is 0 Å². The summed E-state index contributed by atoms with van der Waals surface area (Å²) in [6, 6.07) is 0. The molecule has 0 saturated carbocycles. The van der Waals surface area contributed by atoms with Crippen molar-refractivity contribution in [1.29, 1.82) is 0 Å². The molecule has 6 nitrogen and oxygen atoms in total. The molecule has 0 aliphatic heterocycles. The molecule has 0 atom stereocenters. The van der Waals surface area contributed by atoms with Gasteiger partial charge in [-0.3, -0.25) is 0 Å². The first-order chi connectivity index (χ1) is 10.1. The molecule has 0 heterocycles. The van der Waals surface area contributed by atoms with Gasteiger partial charge in [-0.25, -0.2) is 0 Å². The summed E-state index contributed by atoms with van der Waals surface area (Å²) in [7, 11) is -17.9. The van der Waals surface area contributed by atoms with Crippen molar-refractivity contribution in [2.75, 3.05) is 6.23 Å². The molecule has 14 heteroatoms. The van der Waals surface area contributed by atoms with E-state index in [2.05, 4.69) is 0 Å². The summed E-state index contributed by atoms with van der Waals surface area (Å²) in [5.74, 6) is 0. The number of rotatable bonds is 10. The van der Waals surface area contributed by atoms with Crippen LogP contribution in [0.5, 0.6) is 0 Å². The van der Waals surface area contributed by atoms with Gasteiger partial charge in [-0.15, -0.1) is 0 Å². The third kappa shape index (κ3) is 9.80. The maximum atomic E-state index is 12.6. The predicted molar refractivity (Wildman–Crippen MR) is 106 cm³/mol. The Morgan fingerprint density at radius 2 is 1.26 bits per heavy atom. The van der Waals surface area contributed by atoms with Gasteiger partial charge in [0, 0.05) is 6.23 Å². The van der Waals surface area contributed by atoms with Crippen LogP contribution in [-0.4, -0.2) is 70.6 Å². The molecule has 0 aromatic carbocycles. The second kappa shape index (κ2) is 8.99. The van der Waals surface area contributed by atoms with Gasteiger partial charge < -0.3 is 26.4 Å². The molecule has 0 amide bonds. The van der Waals surface area contributed by atoms with E-state index >= 15 is 0 Å². The Labute approximate surface area is 149 Å². The van der Waals surface area contributed by atoms with Gasteiger partial charge in [0.2, 0.25) is 9.28 Å². The van der Waals surface area contributed by atoms with Crippen molar-refractivity contribution in [2.45, 2.75) is 52.4 Å². The average Bonchev–Trinajstić information content (AvgIpc) is 2.38. The minimum Gasteiger partial charge on any atom is -0.457 e. The van der Waals surface area contributed by atoms with Crippen molar-refractivity contribution < 1.29 is 26.4 Å². The standard InChI is InChI=1S/C9H28O6Si8/c1-21(2,3)14-9-23(7,8)20(13)19(12)18(11)17(10)16-15-22(4,5)6/h9,16H2,1-8H3. The van der Waals surface area contributed by atoms with Crippen LogP contribution in [0.15, 0.2) is 0 Å². The van der Waals surface area contributed by atoms with E-state index in [-0.39, 0.29) is 0 Å². The van der Waals surface area contributed by atoms with Crippen LogP contribution in [0.1, 0.15) is 0 Å². The molecule has 0 unspecified atom stereocenters. The van der Waals surface area contributed by atoms with Crippen LogP contribution >= 0.6 is 0 Å². The molecule has 0 saturated heterocycles. The number of hydrogen-bond donors (Lipinski definition) is 0. The molecule has 0 spiro atoms. The van der Waals surface area contributed by atoms with E-state index in [1.165, 1.54) is 0 Å². The van der Waals surface area contributed by atoms with Crippen molar-refractivity contribution in [2.24, 2.45) is 0 Å². The molecule has 0 aromatic rings. The zero-order valence-electron chi connectivity index (χ0n) is 15.4. The largest absolute Gasteiger partial charge is 0.457 e. The Hall–Kier alpha value is 0.855. The number of hydrogen-bond acceptors (Lipinski definition) is 6. The highest BCUT2D eigenvalue weighted by molar-refractivity contribution is 7.68. The second-order valence-electron chi connectivity index (χ2n) is 8.10. The van der Waals surface area contributed by atoms with E-state index in [0.29, 0.717) is 6.23 Å². The Balaban J connectivity index is 4.84. The summed E-state index contributed by atoms with van der Waals surface area (Å²) < 4.78 is 61.0. The van der Waals surface area contributed by atoms with E-state index in [1.807, 2.05) is 52.4 Å². The Bertz CT molecular complexity index is 505. The lowest BCUT2D eigenvalue weighted by Gasteiger charge is -2.24. The van der Waals surface area contributed by atoms with Crippen LogP contribution in [0.2, 0.25) is 52.4 Å². The van der Waals surface area contributed by atoms with Crippen LogP contribution in [0.3, 0.4) is 0 Å². The topological polar surface area (TPSA) is 86.7 Å². The molecule has 0 rings (SSSR count). The SMILES string of the molecule is C[Si](C)(C)OC[Si](C)(C)[Si](=O)[Si](=O)[Si](=O)[Si](=O)[SiH2]O[Si](C)(C)C. The molecular formula is C9H28O6Si8. The summed E-state index contributed by atoms with van der Waals surface area (Å²) in [6.45, 7) is 15.8. The smallest absolute Gasteiger partial charge is 0.375 e. The normalized spacial score (nSPS) is 13.4. The molecular weight excluding hydrogens is 429 g/mol. The lowest BCUT2D eigenvalue weighted by Crippen LogP contribution is -2.56. The molecule has 0 aromatic heterocycles. The third-order valence-corrected chi connectivity index (χ3v) is 50.7. The van der Waals surface area contributed by atoms with Crippen molar-refractivity contribution >= 4 is 64.4 Å². The van der Waals surface area contributed by atoms with Gasteiger partial charge in [0.15, 0.2) is 16.6 Å². The maximum absolute atomic E-state index is 12.6. The van der Waals surface area contributed by atoms with Gasteiger partial charge in [-0.1, -0.05) is 13.1 Å². The van der Waals surface area contributed by atoms with Gasteiger partial charge in [-0.2, -0.15) is 0 Å². The average molecular weight is 457 g/mol. The van der Waals surface area contributed by atoms with Crippen molar-refractivity contribution in [3.05, 3.63) is 0 Å². The van der Waals surface area contributed by atoms with E-state index in [0.717, 1.165) is 0 Å². The zero-order chi connectivity index (χ0) is 18.6. The molecule has 0 fully saturated rings. The summed E-state index contributed by atoms with van der Waals surface area (Å²) in [5.41, 5.74) is 0. The Kier molecular flexibility index (Phi) is 9.32.